The van der Waals surface area contributed by atoms with Crippen molar-refractivity contribution in [2.75, 3.05) is 66.6 Å². The van der Waals surface area contributed by atoms with Crippen LogP contribution < -0.4 is 10.6 Å². The van der Waals surface area contributed by atoms with Gasteiger partial charge in [0.25, 0.3) is 0 Å². The van der Waals surface area contributed by atoms with Gasteiger partial charge in [-0.05, 0) is 18.8 Å². The van der Waals surface area contributed by atoms with Crippen molar-refractivity contribution in [3.05, 3.63) is 0 Å². The third-order valence-electron chi connectivity index (χ3n) is 4.78. The lowest BCUT2D eigenvalue weighted by atomic mass is 10.1. The highest BCUT2D eigenvalue weighted by Gasteiger charge is 2.23. The Morgan fingerprint density at radius 1 is 1.27 bits per heavy atom. The molecule has 1 atom stereocenters. The molecule has 1 unspecified atom stereocenters. The van der Waals surface area contributed by atoms with Crippen molar-refractivity contribution in [2.24, 2.45) is 10.9 Å². The first-order valence-electron chi connectivity index (χ1n) is 9.22. The van der Waals surface area contributed by atoms with E-state index in [0.717, 1.165) is 71.3 Å². The second kappa shape index (κ2) is 12.6. The van der Waals surface area contributed by atoms with E-state index in [1.165, 1.54) is 7.11 Å². The average Bonchev–Trinajstić information content (AvgIpc) is 2.65. The Morgan fingerprint density at radius 3 is 2.50 bits per heavy atom. The van der Waals surface area contributed by atoms with E-state index in [1.807, 2.05) is 0 Å². The molecule has 0 bridgehead atoms. The normalized spacial score (nSPS) is 20.9. The van der Waals surface area contributed by atoms with Crippen LogP contribution in [0.2, 0.25) is 0 Å². The average molecular weight is 483 g/mol. The van der Waals surface area contributed by atoms with E-state index < -0.39 is 0 Å². The molecule has 0 radical (unpaired) electrons. The van der Waals surface area contributed by atoms with Crippen LogP contribution in [0.3, 0.4) is 0 Å². The molecule has 2 rings (SSSR count). The lowest BCUT2D eigenvalue weighted by Gasteiger charge is -2.32. The van der Waals surface area contributed by atoms with Crippen molar-refractivity contribution in [3.63, 3.8) is 0 Å². The maximum absolute atomic E-state index is 11.5. The molecule has 2 heterocycles. The molecule has 2 saturated heterocycles. The van der Waals surface area contributed by atoms with E-state index in [2.05, 4.69) is 27.4 Å². The lowest BCUT2D eigenvalue weighted by molar-refractivity contribution is 0.0320. The second-order valence-electron chi connectivity index (χ2n) is 6.85. The molecular weight excluding hydrogens is 449 g/mol. The molecule has 2 aliphatic rings. The van der Waals surface area contributed by atoms with Gasteiger partial charge in [-0.15, -0.1) is 24.0 Å². The zero-order valence-electron chi connectivity index (χ0n) is 16.2. The van der Waals surface area contributed by atoms with Gasteiger partial charge in [0.2, 0.25) is 0 Å². The third kappa shape index (κ3) is 7.83. The maximum atomic E-state index is 11.5. The molecule has 0 saturated carbocycles. The van der Waals surface area contributed by atoms with Crippen LogP contribution in [0, 0.1) is 5.92 Å². The SMILES string of the molecule is CN=C(NCC(C)CN1CCOCC1)NC1CCN(C(=O)OC)CC1.I. The number of halogens is 1. The minimum Gasteiger partial charge on any atom is -0.453 e. The van der Waals surface area contributed by atoms with E-state index in [0.29, 0.717) is 12.0 Å². The van der Waals surface area contributed by atoms with Gasteiger partial charge in [-0.25, -0.2) is 4.79 Å². The molecule has 0 aliphatic carbocycles. The van der Waals surface area contributed by atoms with Gasteiger partial charge in [-0.3, -0.25) is 9.89 Å². The van der Waals surface area contributed by atoms with Gasteiger partial charge in [0, 0.05) is 52.4 Å². The van der Waals surface area contributed by atoms with Crippen molar-refractivity contribution in [3.8, 4) is 0 Å². The molecule has 8 nitrogen and oxygen atoms in total. The minimum absolute atomic E-state index is 0. The number of likely N-dealkylation sites (tertiary alicyclic amines) is 1. The summed E-state index contributed by atoms with van der Waals surface area (Å²) in [6.45, 7) is 9.38. The standard InChI is InChI=1S/C17H33N5O3.HI/c1-14(13-21-8-10-25-11-9-21)12-19-16(18-2)20-15-4-6-22(7-5-15)17(23)24-3;/h14-15H,4-13H2,1-3H3,(H2,18,19,20);1H. The molecule has 1 amide bonds. The van der Waals surface area contributed by atoms with Gasteiger partial charge in [-0.2, -0.15) is 0 Å². The number of guanidine groups is 1. The second-order valence-corrected chi connectivity index (χ2v) is 6.85. The van der Waals surface area contributed by atoms with E-state index in [9.17, 15) is 4.79 Å². The number of piperidine rings is 1. The van der Waals surface area contributed by atoms with Crippen LogP contribution in [0.25, 0.3) is 0 Å². The smallest absolute Gasteiger partial charge is 0.409 e. The molecule has 152 valence electrons. The topological polar surface area (TPSA) is 78.4 Å². The van der Waals surface area contributed by atoms with Crippen molar-refractivity contribution in [2.45, 2.75) is 25.8 Å². The van der Waals surface area contributed by atoms with Crippen molar-refractivity contribution in [1.29, 1.82) is 0 Å². The highest BCUT2D eigenvalue weighted by Crippen LogP contribution is 2.11. The van der Waals surface area contributed by atoms with E-state index in [4.69, 9.17) is 9.47 Å². The number of methoxy groups -OCH3 is 1. The van der Waals surface area contributed by atoms with Crippen LogP contribution >= 0.6 is 24.0 Å². The summed E-state index contributed by atoms with van der Waals surface area (Å²) >= 11 is 0. The summed E-state index contributed by atoms with van der Waals surface area (Å²) in [6, 6.07) is 0.335. The Hall–Kier alpha value is -0.810. The molecule has 2 N–H and O–H groups in total. The van der Waals surface area contributed by atoms with E-state index >= 15 is 0 Å². The Labute approximate surface area is 174 Å². The van der Waals surface area contributed by atoms with Crippen LogP contribution in [-0.2, 0) is 9.47 Å². The molecule has 0 spiro atoms. The quantitative estimate of drug-likeness (QED) is 0.345. The first-order valence-corrected chi connectivity index (χ1v) is 9.22. The fourth-order valence-electron chi connectivity index (χ4n) is 3.28. The van der Waals surface area contributed by atoms with Gasteiger partial charge >= 0.3 is 6.09 Å². The van der Waals surface area contributed by atoms with Crippen molar-refractivity contribution in [1.82, 2.24) is 20.4 Å². The van der Waals surface area contributed by atoms with Crippen LogP contribution in [0.15, 0.2) is 4.99 Å². The summed E-state index contributed by atoms with van der Waals surface area (Å²) in [6.07, 6.45) is 1.57. The van der Waals surface area contributed by atoms with Crippen molar-refractivity contribution < 1.29 is 14.3 Å². The van der Waals surface area contributed by atoms with Gasteiger partial charge in [0.15, 0.2) is 5.96 Å². The van der Waals surface area contributed by atoms with E-state index in [1.54, 1.807) is 11.9 Å². The highest BCUT2D eigenvalue weighted by molar-refractivity contribution is 14.0. The number of hydrogen-bond donors (Lipinski definition) is 2. The van der Waals surface area contributed by atoms with Gasteiger partial charge in [0.1, 0.15) is 0 Å². The Balaban J connectivity index is 0.00000338. The van der Waals surface area contributed by atoms with Crippen LogP contribution in [0.1, 0.15) is 19.8 Å². The van der Waals surface area contributed by atoms with Gasteiger partial charge < -0.3 is 25.0 Å². The maximum Gasteiger partial charge on any atom is 0.409 e. The lowest BCUT2D eigenvalue weighted by Crippen LogP contribution is -2.50. The zero-order valence-corrected chi connectivity index (χ0v) is 18.5. The third-order valence-corrected chi connectivity index (χ3v) is 4.78. The summed E-state index contributed by atoms with van der Waals surface area (Å²) in [4.78, 5) is 20.1. The molecule has 0 aromatic heterocycles. The molecular formula is C17H34IN5O3. The Morgan fingerprint density at radius 2 is 1.92 bits per heavy atom. The monoisotopic (exact) mass is 483 g/mol. The van der Waals surface area contributed by atoms with Gasteiger partial charge in [0.05, 0.1) is 20.3 Å². The fourth-order valence-corrected chi connectivity index (χ4v) is 3.28. The van der Waals surface area contributed by atoms with Gasteiger partial charge in [-0.1, -0.05) is 6.92 Å². The number of ether oxygens (including phenoxy) is 2. The number of hydrogen-bond acceptors (Lipinski definition) is 5. The number of carbonyl (C=O) groups excluding carboxylic acids is 1. The first kappa shape index (κ1) is 23.2. The van der Waals surface area contributed by atoms with E-state index in [-0.39, 0.29) is 30.1 Å². The largest absolute Gasteiger partial charge is 0.453 e. The molecule has 9 heteroatoms. The zero-order chi connectivity index (χ0) is 18.1. The fraction of sp³-hybridized carbons (Fsp3) is 0.882. The highest BCUT2D eigenvalue weighted by atomic mass is 127. The number of rotatable bonds is 5. The Bertz CT molecular complexity index is 438. The van der Waals surface area contributed by atoms with Crippen LogP contribution in [-0.4, -0.2) is 94.5 Å². The summed E-state index contributed by atoms with van der Waals surface area (Å²) in [5.74, 6) is 1.38. The molecule has 2 aliphatic heterocycles. The number of nitrogens with one attached hydrogen (secondary N) is 2. The predicted molar refractivity (Wildman–Crippen MR) is 113 cm³/mol. The molecule has 26 heavy (non-hydrogen) atoms. The number of aliphatic imine (C=N–C) groups is 1. The summed E-state index contributed by atoms with van der Waals surface area (Å²) < 4.78 is 10.2. The summed E-state index contributed by atoms with van der Waals surface area (Å²) in [7, 11) is 3.22. The minimum atomic E-state index is -0.238. The Kier molecular flexibility index (Phi) is 11.2. The predicted octanol–water partition coefficient (Wildman–Crippen LogP) is 0.969. The van der Waals surface area contributed by atoms with Crippen LogP contribution in [0.4, 0.5) is 4.79 Å². The molecule has 0 aromatic carbocycles. The van der Waals surface area contributed by atoms with Crippen LogP contribution in [0.5, 0.6) is 0 Å². The number of nitrogens with zero attached hydrogens (tertiary/aromatic N) is 3. The summed E-state index contributed by atoms with van der Waals surface area (Å²) in [5, 5.41) is 6.90. The number of morpholine rings is 1. The number of carbonyl (C=O) groups is 1. The summed E-state index contributed by atoms with van der Waals surface area (Å²) in [5.41, 5.74) is 0. The first-order chi connectivity index (χ1) is 12.1. The molecule has 2 fully saturated rings. The molecule has 0 aromatic rings. The number of amides is 1. The van der Waals surface area contributed by atoms with Crippen molar-refractivity contribution >= 4 is 36.0 Å².